The Morgan fingerprint density at radius 3 is 2.40 bits per heavy atom. The van der Waals surface area contributed by atoms with Crippen LogP contribution in [0.25, 0.3) is 0 Å². The van der Waals surface area contributed by atoms with Crippen molar-refractivity contribution in [1.29, 1.82) is 0 Å². The summed E-state index contributed by atoms with van der Waals surface area (Å²) in [7, 11) is 0. The fraction of sp³-hybridized carbons (Fsp3) is 0.235. The number of halogens is 1. The van der Waals surface area contributed by atoms with Crippen LogP contribution in [-0.4, -0.2) is 5.91 Å². The van der Waals surface area contributed by atoms with E-state index >= 15 is 0 Å². The molecule has 1 amide bonds. The normalized spacial score (nSPS) is 11.9. The Hall–Kier alpha value is -2.16. The summed E-state index contributed by atoms with van der Waals surface area (Å²) in [6.45, 7) is 2.01. The zero-order valence-corrected chi connectivity index (χ0v) is 11.5. The molecule has 0 aliphatic carbocycles. The van der Waals surface area contributed by atoms with Crippen LogP contribution in [0.15, 0.2) is 54.6 Å². The number of hydrogen-bond acceptors (Lipinski definition) is 1. The lowest BCUT2D eigenvalue weighted by molar-refractivity contribution is -0.121. The molecule has 2 rings (SSSR count). The van der Waals surface area contributed by atoms with E-state index < -0.39 is 0 Å². The van der Waals surface area contributed by atoms with Crippen molar-refractivity contribution in [3.05, 3.63) is 71.5 Å². The van der Waals surface area contributed by atoms with Crippen molar-refractivity contribution < 1.29 is 9.18 Å². The van der Waals surface area contributed by atoms with Gasteiger partial charge >= 0.3 is 0 Å². The molecule has 0 heterocycles. The van der Waals surface area contributed by atoms with E-state index in [0.717, 1.165) is 12.0 Å². The smallest absolute Gasteiger partial charge is 0.225 e. The predicted molar refractivity (Wildman–Crippen MR) is 77.7 cm³/mol. The molecule has 1 N–H and O–H groups in total. The van der Waals surface area contributed by atoms with E-state index in [-0.39, 0.29) is 24.2 Å². The van der Waals surface area contributed by atoms with Crippen LogP contribution in [0.2, 0.25) is 0 Å². The van der Waals surface area contributed by atoms with Gasteiger partial charge in [0.25, 0.3) is 0 Å². The molecule has 0 spiro atoms. The van der Waals surface area contributed by atoms with Crippen molar-refractivity contribution in [2.45, 2.75) is 25.8 Å². The van der Waals surface area contributed by atoms with Gasteiger partial charge < -0.3 is 5.32 Å². The number of benzene rings is 2. The summed E-state index contributed by atoms with van der Waals surface area (Å²) < 4.78 is 13.5. The molecule has 3 heteroatoms. The zero-order valence-electron chi connectivity index (χ0n) is 11.5. The van der Waals surface area contributed by atoms with Gasteiger partial charge in [-0.05, 0) is 23.6 Å². The molecule has 1 atom stereocenters. The molecule has 0 saturated carbocycles. The van der Waals surface area contributed by atoms with Crippen LogP contribution >= 0.6 is 0 Å². The first-order valence-electron chi connectivity index (χ1n) is 6.78. The Morgan fingerprint density at radius 1 is 1.10 bits per heavy atom. The first-order chi connectivity index (χ1) is 9.70. The third kappa shape index (κ3) is 3.67. The van der Waals surface area contributed by atoms with E-state index in [4.69, 9.17) is 0 Å². The summed E-state index contributed by atoms with van der Waals surface area (Å²) in [4.78, 5) is 12.0. The first kappa shape index (κ1) is 14.3. The van der Waals surface area contributed by atoms with Crippen LogP contribution in [0.5, 0.6) is 0 Å². The van der Waals surface area contributed by atoms with Gasteiger partial charge in [0.1, 0.15) is 5.82 Å². The highest BCUT2D eigenvalue weighted by Crippen LogP contribution is 2.16. The van der Waals surface area contributed by atoms with Gasteiger partial charge in [0.15, 0.2) is 0 Å². The number of amides is 1. The van der Waals surface area contributed by atoms with Gasteiger partial charge in [-0.1, -0.05) is 55.5 Å². The third-order valence-corrected chi connectivity index (χ3v) is 3.25. The Morgan fingerprint density at radius 2 is 1.75 bits per heavy atom. The topological polar surface area (TPSA) is 29.1 Å². The van der Waals surface area contributed by atoms with Crippen molar-refractivity contribution in [3.8, 4) is 0 Å². The average Bonchev–Trinajstić information content (AvgIpc) is 2.48. The van der Waals surface area contributed by atoms with E-state index in [2.05, 4.69) is 5.32 Å². The third-order valence-electron chi connectivity index (χ3n) is 3.25. The van der Waals surface area contributed by atoms with Crippen molar-refractivity contribution >= 4 is 5.91 Å². The van der Waals surface area contributed by atoms with Gasteiger partial charge in [0, 0.05) is 0 Å². The highest BCUT2D eigenvalue weighted by atomic mass is 19.1. The molecule has 0 aliphatic rings. The number of rotatable bonds is 5. The monoisotopic (exact) mass is 271 g/mol. The van der Waals surface area contributed by atoms with Gasteiger partial charge in [-0.25, -0.2) is 4.39 Å². The average molecular weight is 271 g/mol. The fourth-order valence-corrected chi connectivity index (χ4v) is 2.17. The van der Waals surface area contributed by atoms with E-state index in [1.54, 1.807) is 18.2 Å². The minimum Gasteiger partial charge on any atom is -0.349 e. The van der Waals surface area contributed by atoms with Crippen LogP contribution in [0, 0.1) is 5.82 Å². The van der Waals surface area contributed by atoms with E-state index in [1.807, 2.05) is 37.3 Å². The zero-order chi connectivity index (χ0) is 14.4. The number of hydrogen-bond donors (Lipinski definition) is 1. The largest absolute Gasteiger partial charge is 0.349 e. The molecule has 0 radical (unpaired) electrons. The van der Waals surface area contributed by atoms with Crippen molar-refractivity contribution in [2.24, 2.45) is 0 Å². The van der Waals surface area contributed by atoms with Crippen LogP contribution in [0.1, 0.15) is 30.5 Å². The van der Waals surface area contributed by atoms with Gasteiger partial charge in [0.05, 0.1) is 12.5 Å². The number of carbonyl (C=O) groups is 1. The van der Waals surface area contributed by atoms with Crippen LogP contribution in [0.3, 0.4) is 0 Å². The predicted octanol–water partition coefficient (Wildman–Crippen LogP) is 3.64. The van der Waals surface area contributed by atoms with Crippen LogP contribution in [0.4, 0.5) is 4.39 Å². The maximum atomic E-state index is 13.5. The summed E-state index contributed by atoms with van der Waals surface area (Å²) >= 11 is 0. The van der Waals surface area contributed by atoms with E-state index in [0.29, 0.717) is 5.56 Å². The summed E-state index contributed by atoms with van der Waals surface area (Å²) in [6, 6.07) is 16.1. The Kier molecular flexibility index (Phi) is 4.88. The SMILES string of the molecule is CC[C@H](NC(=O)Cc1ccccc1F)c1ccccc1. The number of carbonyl (C=O) groups excluding carboxylic acids is 1. The molecule has 2 aromatic rings. The van der Waals surface area contributed by atoms with E-state index in [9.17, 15) is 9.18 Å². The molecular formula is C17H18FNO. The Bertz CT molecular complexity index is 568. The Labute approximate surface area is 118 Å². The lowest BCUT2D eigenvalue weighted by Gasteiger charge is -2.17. The van der Waals surface area contributed by atoms with Crippen LogP contribution in [-0.2, 0) is 11.2 Å². The van der Waals surface area contributed by atoms with Gasteiger partial charge in [-0.15, -0.1) is 0 Å². The van der Waals surface area contributed by atoms with Crippen molar-refractivity contribution in [1.82, 2.24) is 5.32 Å². The second-order valence-corrected chi connectivity index (χ2v) is 4.71. The second-order valence-electron chi connectivity index (χ2n) is 4.71. The molecule has 0 aliphatic heterocycles. The molecule has 0 bridgehead atoms. The molecule has 104 valence electrons. The molecule has 20 heavy (non-hydrogen) atoms. The molecule has 0 saturated heterocycles. The van der Waals surface area contributed by atoms with Gasteiger partial charge in [0.2, 0.25) is 5.91 Å². The molecule has 2 aromatic carbocycles. The second kappa shape index (κ2) is 6.85. The Balaban J connectivity index is 2.02. The van der Waals surface area contributed by atoms with Gasteiger partial charge in [-0.3, -0.25) is 4.79 Å². The number of nitrogens with one attached hydrogen (secondary N) is 1. The minimum atomic E-state index is -0.338. The molecule has 0 fully saturated rings. The molecule has 0 unspecified atom stereocenters. The van der Waals surface area contributed by atoms with Gasteiger partial charge in [-0.2, -0.15) is 0 Å². The highest BCUT2D eigenvalue weighted by Gasteiger charge is 2.13. The quantitative estimate of drug-likeness (QED) is 0.884. The molecule has 2 nitrogen and oxygen atoms in total. The summed E-state index contributed by atoms with van der Waals surface area (Å²) in [5.41, 5.74) is 1.49. The first-order valence-corrected chi connectivity index (χ1v) is 6.78. The summed E-state index contributed by atoms with van der Waals surface area (Å²) in [5.74, 6) is -0.499. The van der Waals surface area contributed by atoms with Crippen LogP contribution < -0.4 is 5.32 Å². The standard InChI is InChI=1S/C17H18FNO/c1-2-16(13-8-4-3-5-9-13)19-17(20)12-14-10-6-7-11-15(14)18/h3-11,16H,2,12H2,1H3,(H,19,20)/t16-/m0/s1. The fourth-order valence-electron chi connectivity index (χ4n) is 2.17. The lowest BCUT2D eigenvalue weighted by Crippen LogP contribution is -2.29. The highest BCUT2D eigenvalue weighted by molar-refractivity contribution is 5.79. The summed E-state index contributed by atoms with van der Waals surface area (Å²) in [6.07, 6.45) is 0.864. The maximum Gasteiger partial charge on any atom is 0.225 e. The molecule has 0 aromatic heterocycles. The molecular weight excluding hydrogens is 253 g/mol. The summed E-state index contributed by atoms with van der Waals surface area (Å²) in [5, 5.41) is 2.95. The minimum absolute atomic E-state index is 0.0320. The van der Waals surface area contributed by atoms with Crippen molar-refractivity contribution in [2.75, 3.05) is 0 Å². The maximum absolute atomic E-state index is 13.5. The lowest BCUT2D eigenvalue weighted by atomic mass is 10.0. The van der Waals surface area contributed by atoms with Crippen molar-refractivity contribution in [3.63, 3.8) is 0 Å². The van der Waals surface area contributed by atoms with E-state index in [1.165, 1.54) is 6.07 Å².